The lowest BCUT2D eigenvalue weighted by atomic mass is 10.1. The van der Waals surface area contributed by atoms with Crippen LogP contribution in [0.15, 0.2) is 54.9 Å². The summed E-state index contributed by atoms with van der Waals surface area (Å²) in [5.74, 6) is -0.0349. The molecule has 1 aliphatic heterocycles. The summed E-state index contributed by atoms with van der Waals surface area (Å²) in [5.41, 5.74) is 1.94. The maximum Gasteiger partial charge on any atom is 0.253 e. The van der Waals surface area contributed by atoms with Crippen molar-refractivity contribution in [1.82, 2.24) is 15.2 Å². The van der Waals surface area contributed by atoms with Gasteiger partial charge in [-0.15, -0.1) is 0 Å². The predicted molar refractivity (Wildman–Crippen MR) is 86.5 cm³/mol. The molecule has 0 aliphatic carbocycles. The van der Waals surface area contributed by atoms with E-state index < -0.39 is 0 Å². The number of carbonyl (C=O) groups excluding carboxylic acids is 1. The van der Waals surface area contributed by atoms with Gasteiger partial charge in [-0.2, -0.15) is 0 Å². The van der Waals surface area contributed by atoms with Crippen molar-refractivity contribution in [3.05, 3.63) is 66.0 Å². The van der Waals surface area contributed by atoms with E-state index in [4.69, 9.17) is 0 Å². The number of likely N-dealkylation sites (tertiary alicyclic amines) is 1. The zero-order chi connectivity index (χ0) is 15.4. The van der Waals surface area contributed by atoms with Crippen LogP contribution >= 0.6 is 0 Å². The Labute approximate surface area is 131 Å². The van der Waals surface area contributed by atoms with Crippen LogP contribution in [0.2, 0.25) is 0 Å². The Kier molecular flexibility index (Phi) is 4.49. The number of amides is 1. The van der Waals surface area contributed by atoms with Gasteiger partial charge < -0.3 is 5.32 Å². The zero-order valence-electron chi connectivity index (χ0n) is 12.8. The monoisotopic (exact) mass is 295 g/mol. The summed E-state index contributed by atoms with van der Waals surface area (Å²) < 4.78 is 0. The third kappa shape index (κ3) is 3.34. The molecule has 114 valence electrons. The van der Waals surface area contributed by atoms with Crippen molar-refractivity contribution in [1.29, 1.82) is 0 Å². The van der Waals surface area contributed by atoms with Gasteiger partial charge in [0.05, 0.1) is 5.56 Å². The maximum atomic E-state index is 12.2. The van der Waals surface area contributed by atoms with Crippen molar-refractivity contribution in [3.63, 3.8) is 0 Å². The molecule has 1 aromatic carbocycles. The molecule has 2 aromatic rings. The van der Waals surface area contributed by atoms with Crippen LogP contribution in [-0.4, -0.2) is 34.9 Å². The number of pyridine rings is 1. The molecule has 1 fully saturated rings. The highest BCUT2D eigenvalue weighted by Gasteiger charge is 2.27. The summed E-state index contributed by atoms with van der Waals surface area (Å²) in [6.45, 7) is 4.12. The van der Waals surface area contributed by atoms with Crippen LogP contribution in [0.25, 0.3) is 0 Å². The van der Waals surface area contributed by atoms with Gasteiger partial charge in [-0.05, 0) is 31.0 Å². The van der Waals surface area contributed by atoms with Gasteiger partial charge in [-0.25, -0.2) is 0 Å². The molecule has 0 radical (unpaired) electrons. The molecule has 2 heterocycles. The molecule has 1 aromatic heterocycles. The Morgan fingerprint density at radius 1 is 1.27 bits per heavy atom. The van der Waals surface area contributed by atoms with Gasteiger partial charge >= 0.3 is 0 Å². The van der Waals surface area contributed by atoms with Gasteiger partial charge in [0.2, 0.25) is 0 Å². The highest BCUT2D eigenvalue weighted by atomic mass is 16.1. The third-order valence-electron chi connectivity index (χ3n) is 4.31. The Balaban J connectivity index is 1.57. The first-order valence-electron chi connectivity index (χ1n) is 7.74. The van der Waals surface area contributed by atoms with Crippen molar-refractivity contribution in [3.8, 4) is 0 Å². The summed E-state index contributed by atoms with van der Waals surface area (Å²) in [6, 6.07) is 14.7. The van der Waals surface area contributed by atoms with E-state index in [0.29, 0.717) is 11.6 Å². The summed E-state index contributed by atoms with van der Waals surface area (Å²) in [4.78, 5) is 18.6. The molecular formula is C18H21N3O. The number of benzene rings is 1. The van der Waals surface area contributed by atoms with E-state index in [-0.39, 0.29) is 11.9 Å². The van der Waals surface area contributed by atoms with Gasteiger partial charge in [0.1, 0.15) is 0 Å². The molecule has 1 saturated heterocycles. The summed E-state index contributed by atoms with van der Waals surface area (Å²) in [6.07, 6.45) is 4.27. The highest BCUT2D eigenvalue weighted by Crippen LogP contribution is 2.24. The molecule has 1 N–H and O–H groups in total. The number of hydrogen-bond donors (Lipinski definition) is 1. The van der Waals surface area contributed by atoms with Crippen LogP contribution in [0.5, 0.6) is 0 Å². The van der Waals surface area contributed by atoms with Gasteiger partial charge in [0.25, 0.3) is 5.91 Å². The zero-order valence-corrected chi connectivity index (χ0v) is 12.8. The Hall–Kier alpha value is -2.20. The van der Waals surface area contributed by atoms with Crippen LogP contribution in [-0.2, 0) is 0 Å². The fourth-order valence-corrected chi connectivity index (χ4v) is 2.97. The van der Waals surface area contributed by atoms with E-state index in [9.17, 15) is 4.79 Å². The van der Waals surface area contributed by atoms with Gasteiger partial charge in [-0.1, -0.05) is 30.3 Å². The van der Waals surface area contributed by atoms with Crippen molar-refractivity contribution < 1.29 is 4.79 Å². The average molecular weight is 295 g/mol. The first-order chi connectivity index (χ1) is 10.7. The first-order valence-corrected chi connectivity index (χ1v) is 7.74. The normalized spacial score (nSPS) is 19.8. The number of carbonyl (C=O) groups is 1. The average Bonchev–Trinajstić information content (AvgIpc) is 3.04. The molecule has 3 rings (SSSR count). The molecule has 1 aliphatic rings. The van der Waals surface area contributed by atoms with Gasteiger partial charge in [0, 0.05) is 37.6 Å². The SMILES string of the molecule is C[C@@H](c1ccccc1)N1CC[C@H](NC(=O)c2cccnc2)C1. The number of hydrogen-bond acceptors (Lipinski definition) is 3. The molecule has 22 heavy (non-hydrogen) atoms. The summed E-state index contributed by atoms with van der Waals surface area (Å²) in [5, 5.41) is 3.11. The predicted octanol–water partition coefficient (Wildman–Crippen LogP) is 2.65. The lowest BCUT2D eigenvalue weighted by Crippen LogP contribution is -2.37. The molecular weight excluding hydrogens is 274 g/mol. The molecule has 1 amide bonds. The molecule has 2 atom stereocenters. The first kappa shape index (κ1) is 14.7. The standard InChI is InChI=1S/C18H21N3O/c1-14(15-6-3-2-4-7-15)21-11-9-17(13-21)20-18(22)16-8-5-10-19-12-16/h2-8,10,12,14,17H,9,11,13H2,1H3,(H,20,22)/t14-,17-/m0/s1. The topological polar surface area (TPSA) is 45.2 Å². The Morgan fingerprint density at radius 2 is 2.09 bits per heavy atom. The fraction of sp³-hybridized carbons (Fsp3) is 0.333. The molecule has 0 unspecified atom stereocenters. The van der Waals surface area contributed by atoms with E-state index in [1.54, 1.807) is 24.5 Å². The maximum absolute atomic E-state index is 12.2. The van der Waals surface area contributed by atoms with Gasteiger partial charge in [-0.3, -0.25) is 14.7 Å². The minimum Gasteiger partial charge on any atom is -0.348 e. The smallest absolute Gasteiger partial charge is 0.253 e. The van der Waals surface area contributed by atoms with Crippen LogP contribution in [0, 0.1) is 0 Å². The summed E-state index contributed by atoms with van der Waals surface area (Å²) in [7, 11) is 0. The van der Waals surface area contributed by atoms with Crippen molar-refractivity contribution >= 4 is 5.91 Å². The minimum absolute atomic E-state index is 0.0349. The molecule has 0 saturated carbocycles. The van der Waals surface area contributed by atoms with E-state index in [0.717, 1.165) is 19.5 Å². The number of aromatic nitrogens is 1. The molecule has 4 heteroatoms. The molecule has 0 bridgehead atoms. The van der Waals surface area contributed by atoms with E-state index in [1.165, 1.54) is 5.56 Å². The van der Waals surface area contributed by atoms with Crippen molar-refractivity contribution in [2.75, 3.05) is 13.1 Å². The summed E-state index contributed by atoms with van der Waals surface area (Å²) >= 11 is 0. The molecule has 0 spiro atoms. The highest BCUT2D eigenvalue weighted by molar-refractivity contribution is 5.94. The van der Waals surface area contributed by atoms with E-state index in [2.05, 4.69) is 46.4 Å². The van der Waals surface area contributed by atoms with Gasteiger partial charge in [0.15, 0.2) is 0 Å². The van der Waals surface area contributed by atoms with Crippen molar-refractivity contribution in [2.45, 2.75) is 25.4 Å². The number of rotatable bonds is 4. The van der Waals surface area contributed by atoms with Crippen molar-refractivity contribution in [2.24, 2.45) is 0 Å². The minimum atomic E-state index is -0.0349. The van der Waals surface area contributed by atoms with E-state index in [1.807, 2.05) is 6.07 Å². The van der Waals surface area contributed by atoms with Crippen LogP contribution in [0.1, 0.15) is 35.3 Å². The largest absolute Gasteiger partial charge is 0.348 e. The second-order valence-electron chi connectivity index (χ2n) is 5.78. The lowest BCUT2D eigenvalue weighted by Gasteiger charge is -2.24. The Morgan fingerprint density at radius 3 is 2.82 bits per heavy atom. The van der Waals surface area contributed by atoms with Crippen LogP contribution < -0.4 is 5.32 Å². The Bertz CT molecular complexity index is 615. The second kappa shape index (κ2) is 6.71. The lowest BCUT2D eigenvalue weighted by molar-refractivity contribution is 0.0936. The molecule has 4 nitrogen and oxygen atoms in total. The van der Waals surface area contributed by atoms with E-state index >= 15 is 0 Å². The number of nitrogens with one attached hydrogen (secondary N) is 1. The van der Waals surface area contributed by atoms with Crippen LogP contribution in [0.4, 0.5) is 0 Å². The quantitative estimate of drug-likeness (QED) is 0.943. The fourth-order valence-electron chi connectivity index (χ4n) is 2.97. The third-order valence-corrected chi connectivity index (χ3v) is 4.31. The van der Waals surface area contributed by atoms with Crippen LogP contribution in [0.3, 0.4) is 0 Å². The number of nitrogens with zero attached hydrogens (tertiary/aromatic N) is 2. The second-order valence-corrected chi connectivity index (χ2v) is 5.78.